The Bertz CT molecular complexity index is 730. The van der Waals surface area contributed by atoms with E-state index in [0.717, 1.165) is 17.7 Å². The summed E-state index contributed by atoms with van der Waals surface area (Å²) in [5.41, 5.74) is 1.59. The highest BCUT2D eigenvalue weighted by atomic mass is 16.4. The minimum atomic E-state index is -1.02. The van der Waals surface area contributed by atoms with E-state index in [1.54, 1.807) is 4.90 Å². The molecule has 2 atom stereocenters. The Hall–Kier alpha value is -3.16. The van der Waals surface area contributed by atoms with E-state index in [2.05, 4.69) is 17.0 Å². The molecule has 2 rings (SSSR count). The highest BCUT2D eigenvalue weighted by Gasteiger charge is 2.31. The topological polar surface area (TPSA) is 125 Å². The van der Waals surface area contributed by atoms with Crippen molar-refractivity contribution < 1.29 is 19.5 Å². The van der Waals surface area contributed by atoms with Gasteiger partial charge in [0, 0.05) is 24.6 Å². The molecule has 1 aliphatic rings. The molecule has 0 saturated carbocycles. The number of hydrogen-bond acceptors (Lipinski definition) is 5. The number of benzene rings is 1. The fourth-order valence-electron chi connectivity index (χ4n) is 3.09. The summed E-state index contributed by atoms with van der Waals surface area (Å²) in [5.74, 6) is 3.21. The van der Waals surface area contributed by atoms with Gasteiger partial charge in [-0.05, 0) is 30.5 Å². The highest BCUT2D eigenvalue weighted by Crippen LogP contribution is 2.26. The second kappa shape index (κ2) is 9.51. The van der Waals surface area contributed by atoms with Crippen LogP contribution >= 0.6 is 0 Å². The largest absolute Gasteiger partial charge is 0.481 e. The molecule has 0 bridgehead atoms. The molecule has 144 valence electrons. The van der Waals surface area contributed by atoms with Crippen molar-refractivity contribution in [2.75, 3.05) is 11.4 Å². The quantitative estimate of drug-likeness (QED) is 0.274. The van der Waals surface area contributed by atoms with E-state index < -0.39 is 17.9 Å². The molecule has 8 heteroatoms. The average molecular weight is 372 g/mol. The third-order valence-electron chi connectivity index (χ3n) is 4.44. The van der Waals surface area contributed by atoms with Gasteiger partial charge in [-0.3, -0.25) is 14.4 Å². The smallest absolute Gasteiger partial charge is 0.305 e. The lowest BCUT2D eigenvalue weighted by Gasteiger charge is -2.32. The fraction of sp³-hybridized carbons (Fsp3) is 0.368. The summed E-state index contributed by atoms with van der Waals surface area (Å²) in [6.07, 6.45) is 4.10. The Balaban J connectivity index is 2.00. The molecule has 0 radical (unpaired) electrons. The van der Waals surface area contributed by atoms with Crippen molar-refractivity contribution in [1.29, 1.82) is 0 Å². The third kappa shape index (κ3) is 5.67. The molecule has 1 aromatic rings. The molecule has 1 saturated heterocycles. The molecule has 2 amide bonds. The molecule has 27 heavy (non-hydrogen) atoms. The number of amides is 2. The molecule has 1 aliphatic heterocycles. The van der Waals surface area contributed by atoms with Gasteiger partial charge in [0.15, 0.2) is 0 Å². The van der Waals surface area contributed by atoms with E-state index >= 15 is 0 Å². The van der Waals surface area contributed by atoms with Gasteiger partial charge in [-0.2, -0.15) is 5.10 Å². The Morgan fingerprint density at radius 1 is 1.41 bits per heavy atom. The second-order valence-corrected chi connectivity index (χ2v) is 6.41. The van der Waals surface area contributed by atoms with Gasteiger partial charge in [0.1, 0.15) is 0 Å². The average Bonchev–Trinajstić information content (AvgIpc) is 2.63. The molecule has 0 spiro atoms. The normalized spacial score (nSPS) is 18.3. The molecule has 0 aromatic heterocycles. The molecular weight excluding hydrogens is 348 g/mol. The van der Waals surface area contributed by atoms with Gasteiger partial charge >= 0.3 is 5.97 Å². The maximum absolute atomic E-state index is 12.8. The standard InChI is InChI=1S/C19H24N4O4/c1-2-15(11-18(25)26)22-17(24)10-14-4-3-9-23(19(14)27)16-7-5-13(6-8-16)12-21-20/h2,5-8,12,14-15H,1,3-4,9-11,20H2,(H,22,24)(H,25,26)/t14?,15-/m1/s1. The number of aliphatic carboxylic acids is 1. The highest BCUT2D eigenvalue weighted by molar-refractivity contribution is 5.98. The Morgan fingerprint density at radius 2 is 2.11 bits per heavy atom. The van der Waals surface area contributed by atoms with Crippen LogP contribution in [0, 0.1) is 5.92 Å². The predicted octanol–water partition coefficient (Wildman–Crippen LogP) is 1.26. The van der Waals surface area contributed by atoms with Crippen LogP contribution in [0.15, 0.2) is 42.0 Å². The number of nitrogens with two attached hydrogens (primary N) is 1. The number of carboxylic acids is 1. The van der Waals surface area contributed by atoms with Gasteiger partial charge < -0.3 is 21.2 Å². The predicted molar refractivity (Wildman–Crippen MR) is 102 cm³/mol. The van der Waals surface area contributed by atoms with Crippen LogP contribution in [0.4, 0.5) is 5.69 Å². The number of hydrazone groups is 1. The number of carbonyl (C=O) groups is 3. The van der Waals surface area contributed by atoms with Crippen molar-refractivity contribution in [3.8, 4) is 0 Å². The minimum Gasteiger partial charge on any atom is -0.481 e. The van der Waals surface area contributed by atoms with Crippen LogP contribution < -0.4 is 16.1 Å². The zero-order chi connectivity index (χ0) is 19.8. The summed E-state index contributed by atoms with van der Waals surface area (Å²) in [5, 5.41) is 14.9. The second-order valence-electron chi connectivity index (χ2n) is 6.41. The van der Waals surface area contributed by atoms with Crippen LogP contribution in [0.1, 0.15) is 31.2 Å². The number of nitrogens with one attached hydrogen (secondary N) is 1. The summed E-state index contributed by atoms with van der Waals surface area (Å²) in [4.78, 5) is 37.5. The van der Waals surface area contributed by atoms with E-state index in [1.165, 1.54) is 12.3 Å². The molecule has 0 aliphatic carbocycles. The molecular formula is C19H24N4O4. The third-order valence-corrected chi connectivity index (χ3v) is 4.44. The van der Waals surface area contributed by atoms with Crippen LogP contribution in [-0.2, 0) is 14.4 Å². The summed E-state index contributed by atoms with van der Waals surface area (Å²) < 4.78 is 0. The van der Waals surface area contributed by atoms with Crippen LogP contribution in [0.3, 0.4) is 0 Å². The van der Waals surface area contributed by atoms with Crippen LogP contribution in [-0.4, -0.2) is 41.7 Å². The van der Waals surface area contributed by atoms with E-state index in [-0.39, 0.29) is 24.7 Å². The number of nitrogens with zero attached hydrogens (tertiary/aromatic N) is 2. The zero-order valence-electron chi connectivity index (χ0n) is 15.0. The molecule has 1 unspecified atom stereocenters. The van der Waals surface area contributed by atoms with E-state index in [0.29, 0.717) is 13.0 Å². The van der Waals surface area contributed by atoms with Crippen LogP contribution in [0.25, 0.3) is 0 Å². The van der Waals surface area contributed by atoms with E-state index in [9.17, 15) is 14.4 Å². The summed E-state index contributed by atoms with van der Waals surface area (Å²) in [6, 6.07) is 6.61. The number of piperidine rings is 1. The van der Waals surface area contributed by atoms with Crippen molar-refractivity contribution in [1.82, 2.24) is 5.32 Å². The molecule has 8 nitrogen and oxygen atoms in total. The number of carbonyl (C=O) groups excluding carboxylic acids is 2. The maximum atomic E-state index is 12.8. The first-order valence-corrected chi connectivity index (χ1v) is 8.73. The number of carboxylic acid groups (broad SMARTS) is 1. The van der Waals surface area contributed by atoms with Crippen molar-refractivity contribution in [2.24, 2.45) is 16.9 Å². The Morgan fingerprint density at radius 3 is 2.70 bits per heavy atom. The van der Waals surface area contributed by atoms with Crippen LogP contribution in [0.2, 0.25) is 0 Å². The lowest BCUT2D eigenvalue weighted by Crippen LogP contribution is -2.44. The summed E-state index contributed by atoms with van der Waals surface area (Å²) >= 11 is 0. The number of anilines is 1. The molecule has 1 aromatic carbocycles. The fourth-order valence-corrected chi connectivity index (χ4v) is 3.09. The lowest BCUT2D eigenvalue weighted by molar-refractivity contribution is -0.137. The van der Waals surface area contributed by atoms with Gasteiger partial charge in [0.2, 0.25) is 11.8 Å². The number of rotatable bonds is 8. The molecule has 4 N–H and O–H groups in total. The Kier molecular flexibility index (Phi) is 7.10. The summed E-state index contributed by atoms with van der Waals surface area (Å²) in [7, 11) is 0. The van der Waals surface area contributed by atoms with Gasteiger partial charge in [-0.1, -0.05) is 18.2 Å². The minimum absolute atomic E-state index is 0.0250. The van der Waals surface area contributed by atoms with Crippen molar-refractivity contribution in [3.05, 3.63) is 42.5 Å². The van der Waals surface area contributed by atoms with Gasteiger partial charge in [-0.15, -0.1) is 6.58 Å². The van der Waals surface area contributed by atoms with E-state index in [4.69, 9.17) is 10.9 Å². The monoisotopic (exact) mass is 372 g/mol. The lowest BCUT2D eigenvalue weighted by atomic mass is 9.92. The van der Waals surface area contributed by atoms with E-state index in [1.807, 2.05) is 24.3 Å². The first kappa shape index (κ1) is 20.2. The van der Waals surface area contributed by atoms with Crippen LogP contribution in [0.5, 0.6) is 0 Å². The SMILES string of the molecule is C=C[C@H](CC(=O)O)NC(=O)CC1CCCN(c2ccc(C=NN)cc2)C1=O. The first-order valence-electron chi connectivity index (χ1n) is 8.73. The van der Waals surface area contributed by atoms with Crippen molar-refractivity contribution >= 4 is 29.7 Å². The van der Waals surface area contributed by atoms with Gasteiger partial charge in [0.25, 0.3) is 0 Å². The Labute approximate surface area is 157 Å². The maximum Gasteiger partial charge on any atom is 0.305 e. The first-order chi connectivity index (χ1) is 12.9. The van der Waals surface area contributed by atoms with Crippen molar-refractivity contribution in [2.45, 2.75) is 31.7 Å². The van der Waals surface area contributed by atoms with Crippen molar-refractivity contribution in [3.63, 3.8) is 0 Å². The van der Waals surface area contributed by atoms with Gasteiger partial charge in [0.05, 0.1) is 18.7 Å². The summed E-state index contributed by atoms with van der Waals surface area (Å²) in [6.45, 7) is 4.12. The zero-order valence-corrected chi connectivity index (χ0v) is 15.0. The number of hydrogen-bond donors (Lipinski definition) is 3. The van der Waals surface area contributed by atoms with Gasteiger partial charge in [-0.25, -0.2) is 0 Å². The molecule has 1 heterocycles. The molecule has 1 fully saturated rings.